The third kappa shape index (κ3) is 2.47. The van der Waals surface area contributed by atoms with Crippen LogP contribution < -0.4 is 5.73 Å². The van der Waals surface area contributed by atoms with Crippen molar-refractivity contribution in [2.24, 2.45) is 5.73 Å². The molecule has 1 fully saturated rings. The molecule has 2 amide bonds. The predicted molar refractivity (Wildman–Crippen MR) is 57.1 cm³/mol. The lowest BCUT2D eigenvalue weighted by atomic mass is 10.1. The van der Waals surface area contributed by atoms with Crippen molar-refractivity contribution in [3.05, 3.63) is 0 Å². The van der Waals surface area contributed by atoms with Gasteiger partial charge in [-0.25, -0.2) is 0 Å². The smallest absolute Gasteiger partial charge is 0.245 e. The molecular weight excluding hydrogens is 194 g/mol. The molecule has 1 heterocycles. The van der Waals surface area contributed by atoms with Crippen molar-refractivity contribution in [3.8, 4) is 0 Å². The number of nitrogens with two attached hydrogens (primary N) is 1. The fraction of sp³-hybridized carbons (Fsp3) is 0.800. The number of nitrogens with zero attached hydrogens (tertiary/aromatic N) is 2. The van der Waals surface area contributed by atoms with E-state index < -0.39 is 0 Å². The number of likely N-dealkylation sites (N-methyl/N-ethyl adjacent to an activating group) is 1. The quantitative estimate of drug-likeness (QED) is 0.681. The van der Waals surface area contributed by atoms with Gasteiger partial charge in [0.15, 0.2) is 0 Å². The van der Waals surface area contributed by atoms with E-state index in [4.69, 9.17) is 5.73 Å². The summed E-state index contributed by atoms with van der Waals surface area (Å²) in [7, 11) is 0. The fourth-order valence-electron chi connectivity index (χ4n) is 1.78. The van der Waals surface area contributed by atoms with E-state index in [1.807, 2.05) is 13.8 Å². The van der Waals surface area contributed by atoms with Crippen LogP contribution in [0.5, 0.6) is 0 Å². The number of carbonyl (C=O) groups is 2. The maximum atomic E-state index is 11.8. The zero-order valence-electron chi connectivity index (χ0n) is 9.56. The molecule has 1 aliphatic heterocycles. The summed E-state index contributed by atoms with van der Waals surface area (Å²) >= 11 is 0. The van der Waals surface area contributed by atoms with Crippen molar-refractivity contribution in [1.82, 2.24) is 9.80 Å². The van der Waals surface area contributed by atoms with Crippen molar-refractivity contribution in [3.63, 3.8) is 0 Å². The largest absolute Gasteiger partial charge is 0.332 e. The van der Waals surface area contributed by atoms with Gasteiger partial charge in [0.25, 0.3) is 0 Å². The van der Waals surface area contributed by atoms with E-state index in [0.29, 0.717) is 13.1 Å². The summed E-state index contributed by atoms with van der Waals surface area (Å²) in [5.41, 5.74) is 5.64. The summed E-state index contributed by atoms with van der Waals surface area (Å²) in [6.07, 6.45) is 0. The van der Waals surface area contributed by atoms with E-state index in [1.165, 1.54) is 0 Å². The van der Waals surface area contributed by atoms with E-state index in [2.05, 4.69) is 0 Å². The van der Waals surface area contributed by atoms with Crippen LogP contribution >= 0.6 is 0 Å². The molecule has 2 atom stereocenters. The minimum atomic E-state index is -0.378. The van der Waals surface area contributed by atoms with E-state index >= 15 is 0 Å². The molecule has 5 nitrogen and oxygen atoms in total. The summed E-state index contributed by atoms with van der Waals surface area (Å²) in [4.78, 5) is 26.7. The van der Waals surface area contributed by atoms with Crippen LogP contribution in [0.25, 0.3) is 0 Å². The molecule has 0 bridgehead atoms. The van der Waals surface area contributed by atoms with Gasteiger partial charge in [0.2, 0.25) is 11.8 Å². The van der Waals surface area contributed by atoms with Gasteiger partial charge >= 0.3 is 0 Å². The Labute approximate surface area is 90.2 Å². The maximum absolute atomic E-state index is 11.8. The van der Waals surface area contributed by atoms with Gasteiger partial charge in [0.05, 0.1) is 6.54 Å². The topological polar surface area (TPSA) is 66.6 Å². The van der Waals surface area contributed by atoms with Gasteiger partial charge in [0.1, 0.15) is 6.04 Å². The first kappa shape index (κ1) is 12.0. The molecule has 1 aliphatic rings. The van der Waals surface area contributed by atoms with Crippen LogP contribution in [0.15, 0.2) is 0 Å². The molecule has 5 heteroatoms. The molecular formula is C10H19N3O2. The summed E-state index contributed by atoms with van der Waals surface area (Å²) in [5.74, 6) is -0.000926. The zero-order chi connectivity index (χ0) is 11.6. The standard InChI is InChI=1S/C10H19N3O2/c1-4-12-6-9(14)13(5-7(2)11)8(3)10(12)15/h7-8H,4-6,11H2,1-3H3. The van der Waals surface area contributed by atoms with Crippen molar-refractivity contribution in [2.75, 3.05) is 19.6 Å². The van der Waals surface area contributed by atoms with Crippen molar-refractivity contribution in [1.29, 1.82) is 0 Å². The third-order valence-electron chi connectivity index (χ3n) is 2.65. The Bertz CT molecular complexity index is 265. The summed E-state index contributed by atoms with van der Waals surface area (Å²) < 4.78 is 0. The fourth-order valence-corrected chi connectivity index (χ4v) is 1.78. The van der Waals surface area contributed by atoms with Crippen LogP contribution in [0.2, 0.25) is 0 Å². The normalized spacial score (nSPS) is 24.7. The highest BCUT2D eigenvalue weighted by Crippen LogP contribution is 2.12. The average Bonchev–Trinajstić information content (AvgIpc) is 2.18. The van der Waals surface area contributed by atoms with Crippen molar-refractivity contribution < 1.29 is 9.59 Å². The van der Waals surface area contributed by atoms with Gasteiger partial charge in [-0.2, -0.15) is 0 Å². The zero-order valence-corrected chi connectivity index (χ0v) is 9.56. The van der Waals surface area contributed by atoms with Crippen LogP contribution in [-0.4, -0.2) is 53.3 Å². The molecule has 0 spiro atoms. The summed E-state index contributed by atoms with van der Waals surface area (Å²) in [5, 5.41) is 0. The van der Waals surface area contributed by atoms with Crippen molar-refractivity contribution >= 4 is 11.8 Å². The van der Waals surface area contributed by atoms with E-state index in [0.717, 1.165) is 0 Å². The molecule has 0 aromatic carbocycles. The molecule has 0 radical (unpaired) electrons. The molecule has 1 rings (SSSR count). The molecule has 2 N–H and O–H groups in total. The van der Waals surface area contributed by atoms with E-state index in [-0.39, 0.29) is 30.4 Å². The van der Waals surface area contributed by atoms with Gasteiger partial charge in [-0.05, 0) is 20.8 Å². The highest BCUT2D eigenvalue weighted by atomic mass is 16.2. The number of carbonyl (C=O) groups excluding carboxylic acids is 2. The first-order chi connectivity index (χ1) is 6.97. The third-order valence-corrected chi connectivity index (χ3v) is 2.65. The SMILES string of the molecule is CCN1CC(=O)N(CC(C)N)C(C)C1=O. The van der Waals surface area contributed by atoms with Gasteiger partial charge in [-0.1, -0.05) is 0 Å². The summed E-state index contributed by atoms with van der Waals surface area (Å²) in [6.45, 7) is 6.68. The number of amides is 2. The Hall–Kier alpha value is -1.10. The molecule has 0 saturated carbocycles. The minimum absolute atomic E-state index is 0.0118. The lowest BCUT2D eigenvalue weighted by Crippen LogP contribution is -2.60. The maximum Gasteiger partial charge on any atom is 0.245 e. The van der Waals surface area contributed by atoms with Crippen LogP contribution in [0.1, 0.15) is 20.8 Å². The van der Waals surface area contributed by atoms with Gasteiger partial charge < -0.3 is 15.5 Å². The first-order valence-electron chi connectivity index (χ1n) is 5.31. The van der Waals surface area contributed by atoms with E-state index in [9.17, 15) is 9.59 Å². The lowest BCUT2D eigenvalue weighted by Gasteiger charge is -2.39. The Morgan fingerprint density at radius 1 is 1.53 bits per heavy atom. The van der Waals surface area contributed by atoms with E-state index in [1.54, 1.807) is 16.7 Å². The molecule has 0 aromatic heterocycles. The monoisotopic (exact) mass is 213 g/mol. The molecule has 15 heavy (non-hydrogen) atoms. The molecule has 86 valence electrons. The summed E-state index contributed by atoms with van der Waals surface area (Å²) in [6, 6.07) is -0.477. The number of rotatable bonds is 3. The molecule has 0 aliphatic carbocycles. The highest BCUT2D eigenvalue weighted by molar-refractivity contribution is 5.94. The number of piperazine rings is 1. The van der Waals surface area contributed by atoms with Crippen molar-refractivity contribution in [2.45, 2.75) is 32.9 Å². The Morgan fingerprint density at radius 2 is 2.13 bits per heavy atom. The lowest BCUT2D eigenvalue weighted by molar-refractivity contribution is -0.155. The number of hydrogen-bond donors (Lipinski definition) is 1. The Morgan fingerprint density at radius 3 is 2.60 bits per heavy atom. The second-order valence-electron chi connectivity index (χ2n) is 4.05. The van der Waals surface area contributed by atoms with Crippen LogP contribution in [0.4, 0.5) is 0 Å². The highest BCUT2D eigenvalue weighted by Gasteiger charge is 2.35. The predicted octanol–water partition coefficient (Wildman–Crippen LogP) is -0.587. The Kier molecular flexibility index (Phi) is 3.68. The van der Waals surface area contributed by atoms with Crippen LogP contribution in [0.3, 0.4) is 0 Å². The number of hydrogen-bond acceptors (Lipinski definition) is 3. The second-order valence-corrected chi connectivity index (χ2v) is 4.05. The van der Waals surface area contributed by atoms with Crippen LogP contribution in [-0.2, 0) is 9.59 Å². The van der Waals surface area contributed by atoms with Gasteiger partial charge in [-0.3, -0.25) is 9.59 Å². The molecule has 0 aromatic rings. The molecule has 1 saturated heterocycles. The average molecular weight is 213 g/mol. The Balaban J connectivity index is 2.75. The minimum Gasteiger partial charge on any atom is -0.332 e. The first-order valence-corrected chi connectivity index (χ1v) is 5.31. The second kappa shape index (κ2) is 4.61. The van der Waals surface area contributed by atoms with Gasteiger partial charge in [0, 0.05) is 19.1 Å². The van der Waals surface area contributed by atoms with Gasteiger partial charge in [-0.15, -0.1) is 0 Å². The molecule has 2 unspecified atom stereocenters. The van der Waals surface area contributed by atoms with Crippen LogP contribution in [0, 0.1) is 0 Å².